The highest BCUT2D eigenvalue weighted by molar-refractivity contribution is 6.34. The fraction of sp³-hybridized carbons (Fsp3) is 0.0938. The summed E-state index contributed by atoms with van der Waals surface area (Å²) in [6.45, 7) is 3.34. The molecule has 0 bridgehead atoms. The quantitative estimate of drug-likeness (QED) is 0.214. The van der Waals surface area contributed by atoms with Gasteiger partial charge in [0.05, 0.1) is 28.9 Å². The summed E-state index contributed by atoms with van der Waals surface area (Å²) in [7, 11) is 1.60. The molecule has 8 heteroatoms. The number of carbonyl (C=O) groups excluding carboxylic acids is 2. The minimum atomic E-state index is -0.476. The summed E-state index contributed by atoms with van der Waals surface area (Å²) in [4.78, 5) is 25.1. The number of methoxy groups -OCH3 is 1. The van der Waals surface area contributed by atoms with Crippen LogP contribution in [-0.2, 0) is 4.79 Å². The van der Waals surface area contributed by atoms with Crippen molar-refractivity contribution in [2.24, 2.45) is 0 Å². The lowest BCUT2D eigenvalue weighted by Crippen LogP contribution is -2.12. The molecule has 0 spiro atoms. The third-order valence-electron chi connectivity index (χ3n) is 6.22. The van der Waals surface area contributed by atoms with E-state index in [9.17, 15) is 9.59 Å². The topological polar surface area (TPSA) is 82.4 Å². The maximum atomic E-state index is 12.8. The molecule has 200 valence electrons. The van der Waals surface area contributed by atoms with Crippen LogP contribution in [0, 0.1) is 6.92 Å². The second kappa shape index (κ2) is 11.5. The maximum absolute atomic E-state index is 12.8. The summed E-state index contributed by atoms with van der Waals surface area (Å²) in [6, 6.07) is 29.4. The van der Waals surface area contributed by atoms with E-state index >= 15 is 0 Å². The summed E-state index contributed by atoms with van der Waals surface area (Å²) in [5.41, 5.74) is 5.48. The number of esters is 1. The Labute approximate surface area is 236 Å². The van der Waals surface area contributed by atoms with Crippen LogP contribution in [0.5, 0.6) is 11.6 Å². The molecule has 0 radical (unpaired) electrons. The Bertz CT molecular complexity index is 1710. The van der Waals surface area contributed by atoms with Gasteiger partial charge < -0.3 is 14.8 Å². The highest BCUT2D eigenvalue weighted by Gasteiger charge is 2.25. The van der Waals surface area contributed by atoms with Gasteiger partial charge in [-0.1, -0.05) is 60.1 Å². The molecule has 0 saturated heterocycles. The van der Waals surface area contributed by atoms with Crippen molar-refractivity contribution in [1.29, 1.82) is 0 Å². The van der Waals surface area contributed by atoms with E-state index in [4.69, 9.17) is 26.2 Å². The van der Waals surface area contributed by atoms with Crippen LogP contribution in [0.15, 0.2) is 97.1 Å². The molecule has 1 heterocycles. The SMILES string of the molecule is COc1cccc(-c2nn(-c3cccc(C)c3)c(OC(C)=O)c2-c2ccc(NC(=O)c3ccccc3Cl)cc2)c1. The Morgan fingerprint density at radius 3 is 2.33 bits per heavy atom. The van der Waals surface area contributed by atoms with E-state index in [0.717, 1.165) is 22.4 Å². The van der Waals surface area contributed by atoms with Crippen LogP contribution in [0.2, 0.25) is 5.02 Å². The molecule has 1 aromatic heterocycles. The first-order valence-electron chi connectivity index (χ1n) is 12.5. The van der Waals surface area contributed by atoms with Crippen molar-refractivity contribution >= 4 is 29.2 Å². The summed E-state index contributed by atoms with van der Waals surface area (Å²) >= 11 is 6.19. The van der Waals surface area contributed by atoms with Gasteiger partial charge in [0.25, 0.3) is 5.91 Å². The van der Waals surface area contributed by atoms with E-state index in [-0.39, 0.29) is 11.8 Å². The first kappa shape index (κ1) is 26.7. The smallest absolute Gasteiger partial charge is 0.309 e. The number of rotatable bonds is 7. The van der Waals surface area contributed by atoms with E-state index in [2.05, 4.69) is 5.32 Å². The van der Waals surface area contributed by atoms with E-state index in [1.807, 2.05) is 67.6 Å². The van der Waals surface area contributed by atoms with E-state index in [1.54, 1.807) is 48.2 Å². The predicted octanol–water partition coefficient (Wildman–Crippen LogP) is 7.35. The second-order valence-electron chi connectivity index (χ2n) is 9.12. The molecular formula is C32H26ClN3O4. The minimum Gasteiger partial charge on any atom is -0.497 e. The Morgan fingerprint density at radius 1 is 0.875 bits per heavy atom. The molecule has 0 aliphatic rings. The van der Waals surface area contributed by atoms with Crippen LogP contribution in [0.25, 0.3) is 28.1 Å². The van der Waals surface area contributed by atoms with Gasteiger partial charge in [0.2, 0.25) is 5.88 Å². The lowest BCUT2D eigenvalue weighted by atomic mass is 10.0. The first-order chi connectivity index (χ1) is 19.3. The van der Waals surface area contributed by atoms with Crippen molar-refractivity contribution in [3.8, 4) is 39.7 Å². The van der Waals surface area contributed by atoms with E-state index in [1.165, 1.54) is 6.92 Å². The molecule has 0 atom stereocenters. The molecule has 0 unspecified atom stereocenters. The first-order valence-corrected chi connectivity index (χ1v) is 12.9. The van der Waals surface area contributed by atoms with Crippen LogP contribution in [-0.4, -0.2) is 28.8 Å². The summed E-state index contributed by atoms with van der Waals surface area (Å²) in [6.07, 6.45) is 0. The van der Waals surface area contributed by atoms with Gasteiger partial charge in [0.15, 0.2) is 0 Å². The average molecular weight is 552 g/mol. The van der Waals surface area contributed by atoms with Gasteiger partial charge in [-0.25, -0.2) is 0 Å². The van der Waals surface area contributed by atoms with Crippen molar-refractivity contribution in [2.75, 3.05) is 12.4 Å². The Kier molecular flexibility index (Phi) is 7.66. The molecule has 0 aliphatic heterocycles. The highest BCUT2D eigenvalue weighted by atomic mass is 35.5. The number of ether oxygens (including phenoxy) is 2. The van der Waals surface area contributed by atoms with Gasteiger partial charge in [0, 0.05) is 18.2 Å². The third-order valence-corrected chi connectivity index (χ3v) is 6.55. The van der Waals surface area contributed by atoms with Gasteiger partial charge in [-0.05, 0) is 66.6 Å². The van der Waals surface area contributed by atoms with Gasteiger partial charge in [-0.2, -0.15) is 9.78 Å². The Hall–Kier alpha value is -4.88. The van der Waals surface area contributed by atoms with E-state index < -0.39 is 5.97 Å². The van der Waals surface area contributed by atoms with E-state index in [0.29, 0.717) is 33.3 Å². The van der Waals surface area contributed by atoms with Crippen LogP contribution in [0.4, 0.5) is 5.69 Å². The average Bonchev–Trinajstić information content (AvgIpc) is 3.32. The number of aryl methyl sites for hydroxylation is 1. The zero-order chi connectivity index (χ0) is 28.2. The minimum absolute atomic E-state index is 0.281. The molecule has 5 rings (SSSR count). The Morgan fingerprint density at radius 2 is 1.62 bits per heavy atom. The lowest BCUT2D eigenvalue weighted by Gasteiger charge is -2.11. The number of carbonyl (C=O) groups is 2. The largest absolute Gasteiger partial charge is 0.497 e. The van der Waals surface area contributed by atoms with Crippen LogP contribution < -0.4 is 14.8 Å². The molecule has 40 heavy (non-hydrogen) atoms. The number of aromatic nitrogens is 2. The molecule has 1 amide bonds. The number of anilines is 1. The molecule has 0 saturated carbocycles. The molecule has 7 nitrogen and oxygen atoms in total. The normalized spacial score (nSPS) is 10.7. The van der Waals surface area contributed by atoms with Crippen LogP contribution in [0.1, 0.15) is 22.8 Å². The number of nitrogens with zero attached hydrogens (tertiary/aromatic N) is 2. The number of benzene rings is 4. The van der Waals surface area contributed by atoms with Gasteiger partial charge in [0.1, 0.15) is 11.4 Å². The lowest BCUT2D eigenvalue weighted by molar-refractivity contribution is -0.132. The number of hydrogen-bond acceptors (Lipinski definition) is 5. The third kappa shape index (κ3) is 5.60. The molecule has 0 fully saturated rings. The van der Waals surface area contributed by atoms with Crippen molar-refractivity contribution in [3.63, 3.8) is 0 Å². The monoisotopic (exact) mass is 551 g/mol. The number of hydrogen-bond donors (Lipinski definition) is 1. The van der Waals surface area contributed by atoms with Crippen molar-refractivity contribution < 1.29 is 19.1 Å². The van der Waals surface area contributed by atoms with Crippen molar-refractivity contribution in [2.45, 2.75) is 13.8 Å². The predicted molar refractivity (Wildman–Crippen MR) is 156 cm³/mol. The molecule has 4 aromatic carbocycles. The molecule has 5 aromatic rings. The van der Waals surface area contributed by atoms with Crippen molar-refractivity contribution in [1.82, 2.24) is 9.78 Å². The van der Waals surface area contributed by atoms with Crippen LogP contribution in [0.3, 0.4) is 0 Å². The van der Waals surface area contributed by atoms with Gasteiger partial charge >= 0.3 is 5.97 Å². The summed E-state index contributed by atoms with van der Waals surface area (Å²) < 4.78 is 12.9. The van der Waals surface area contributed by atoms with Gasteiger partial charge in [-0.3, -0.25) is 9.59 Å². The maximum Gasteiger partial charge on any atom is 0.309 e. The van der Waals surface area contributed by atoms with Gasteiger partial charge in [-0.15, -0.1) is 0 Å². The van der Waals surface area contributed by atoms with Crippen LogP contribution >= 0.6 is 11.6 Å². The van der Waals surface area contributed by atoms with Crippen molar-refractivity contribution in [3.05, 3.63) is 113 Å². The Balaban J connectivity index is 1.63. The highest BCUT2D eigenvalue weighted by Crippen LogP contribution is 2.42. The standard InChI is InChI=1S/C32H26ClN3O4/c1-20-8-6-10-25(18-20)36-32(40-21(2)37)29(30(35-36)23-9-7-11-26(19-23)39-3)22-14-16-24(17-15-22)34-31(38)27-12-4-5-13-28(27)33/h4-19H,1-3H3,(H,34,38). The summed E-state index contributed by atoms with van der Waals surface area (Å²) in [5.74, 6) is 0.156. The fourth-order valence-corrected chi connectivity index (χ4v) is 4.59. The zero-order valence-electron chi connectivity index (χ0n) is 22.1. The second-order valence-corrected chi connectivity index (χ2v) is 9.52. The molecule has 0 aliphatic carbocycles. The molecule has 1 N–H and O–H groups in total. The number of nitrogens with one attached hydrogen (secondary N) is 1. The number of amides is 1. The molecular weight excluding hydrogens is 526 g/mol. The summed E-state index contributed by atoms with van der Waals surface area (Å²) in [5, 5.41) is 8.16. The zero-order valence-corrected chi connectivity index (χ0v) is 22.9. The number of halogens is 1. The fourth-order valence-electron chi connectivity index (χ4n) is 4.36.